The zero-order valence-electron chi connectivity index (χ0n) is 56.5. The van der Waals surface area contributed by atoms with E-state index in [2.05, 4.69) is 43.5 Å². The van der Waals surface area contributed by atoms with Crippen molar-refractivity contribution in [3.05, 3.63) is 24.3 Å². The highest BCUT2D eigenvalue weighted by atomic mass is 16.5. The summed E-state index contributed by atoms with van der Waals surface area (Å²) in [4.78, 5) is 24.6. The number of esters is 1. The van der Waals surface area contributed by atoms with Gasteiger partial charge in [0.15, 0.2) is 0 Å². The third-order valence-corrected chi connectivity index (χ3v) is 18.0. The van der Waals surface area contributed by atoms with Gasteiger partial charge in [-0.2, -0.15) is 0 Å². The van der Waals surface area contributed by atoms with E-state index in [-0.39, 0.29) is 18.5 Å². The summed E-state index contributed by atoms with van der Waals surface area (Å²) in [5.74, 6) is -0.00975. The van der Waals surface area contributed by atoms with Gasteiger partial charge in [-0.15, -0.1) is 0 Å². The Bertz CT molecular complexity index is 1300. The second-order valence-corrected chi connectivity index (χ2v) is 26.3. The van der Waals surface area contributed by atoms with Crippen LogP contribution in [0.5, 0.6) is 0 Å². The lowest BCUT2D eigenvalue weighted by Gasteiger charge is -2.22. The summed E-state index contributed by atoms with van der Waals surface area (Å²) in [5.41, 5.74) is 0. The first-order valence-electron chi connectivity index (χ1n) is 38.1. The number of nitrogens with one attached hydrogen (secondary N) is 1. The van der Waals surface area contributed by atoms with Crippen LogP contribution in [-0.4, -0.2) is 47.4 Å². The van der Waals surface area contributed by atoms with Crippen molar-refractivity contribution in [2.45, 2.75) is 443 Å². The number of carbonyl (C=O) groups excluding carboxylic acids is 2. The number of hydrogen-bond donors (Lipinski definition) is 3. The maximum Gasteiger partial charge on any atom is 0.305 e. The topological polar surface area (TPSA) is 95.9 Å². The molecule has 0 aromatic rings. The monoisotopic (exact) mass is 1170 g/mol. The Labute approximate surface area is 520 Å². The van der Waals surface area contributed by atoms with Crippen LogP contribution in [0.2, 0.25) is 0 Å². The van der Waals surface area contributed by atoms with Gasteiger partial charge >= 0.3 is 5.97 Å². The molecule has 0 rings (SSSR count). The van der Waals surface area contributed by atoms with Gasteiger partial charge in [-0.25, -0.2) is 0 Å². The fourth-order valence-electron chi connectivity index (χ4n) is 12.2. The lowest BCUT2D eigenvalue weighted by Crippen LogP contribution is -2.45. The van der Waals surface area contributed by atoms with Gasteiger partial charge in [0.05, 0.1) is 25.4 Å². The predicted octanol–water partition coefficient (Wildman–Crippen LogP) is 24.9. The van der Waals surface area contributed by atoms with Gasteiger partial charge in [0.2, 0.25) is 5.91 Å². The molecule has 0 saturated carbocycles. The number of hydrogen-bond acceptors (Lipinski definition) is 5. The van der Waals surface area contributed by atoms with Gasteiger partial charge in [-0.1, -0.05) is 385 Å². The average Bonchev–Trinajstić information content (AvgIpc) is 3.49. The minimum Gasteiger partial charge on any atom is -0.466 e. The van der Waals surface area contributed by atoms with Crippen LogP contribution in [0.3, 0.4) is 0 Å². The van der Waals surface area contributed by atoms with E-state index in [4.69, 9.17) is 4.74 Å². The van der Waals surface area contributed by atoms with Crippen LogP contribution in [-0.2, 0) is 14.3 Å². The zero-order valence-corrected chi connectivity index (χ0v) is 56.5. The van der Waals surface area contributed by atoms with E-state index in [9.17, 15) is 19.8 Å². The third-order valence-electron chi connectivity index (χ3n) is 18.0. The Morgan fingerprint density at radius 1 is 0.337 bits per heavy atom. The minimum absolute atomic E-state index is 0.0182. The Hall–Kier alpha value is -1.66. The van der Waals surface area contributed by atoms with Crippen LogP contribution in [0, 0.1) is 0 Å². The summed E-state index contributed by atoms with van der Waals surface area (Å²) in [6, 6.07) is -0.540. The quantitative estimate of drug-likeness (QED) is 0.0320. The molecule has 3 N–H and O–H groups in total. The molecule has 0 fully saturated rings. The molecule has 0 aromatic heterocycles. The van der Waals surface area contributed by atoms with E-state index < -0.39 is 12.1 Å². The van der Waals surface area contributed by atoms with Crippen molar-refractivity contribution in [2.75, 3.05) is 13.2 Å². The summed E-state index contributed by atoms with van der Waals surface area (Å²) in [7, 11) is 0. The van der Waals surface area contributed by atoms with Crippen molar-refractivity contribution in [3.8, 4) is 0 Å². The van der Waals surface area contributed by atoms with Gasteiger partial charge in [-0.05, 0) is 57.8 Å². The Balaban J connectivity index is 3.37. The standard InChI is InChI=1S/C77H149NO5/c1-3-5-7-9-11-13-15-17-18-19-37-40-43-46-49-53-57-61-65-69-75(80)74(73-79)78-76(81)70-66-62-58-54-50-47-44-41-38-35-33-31-29-27-25-23-21-20-22-24-26-28-30-32-34-36-39-42-45-48-52-56-60-64-68-72-83-77(82)71-67-63-59-55-51-16-14-12-10-8-6-4-2/h22,24,28,30,74-75,79-80H,3-21,23,25-27,29,31-73H2,1-2H3,(H,78,81)/b24-22-,30-28-. The highest BCUT2D eigenvalue weighted by Crippen LogP contribution is 2.20. The molecule has 0 heterocycles. The molecule has 0 saturated heterocycles. The molecular weight excluding hydrogens is 1020 g/mol. The summed E-state index contributed by atoms with van der Waals surface area (Å²) in [6.07, 6.45) is 92.6. The van der Waals surface area contributed by atoms with E-state index in [0.717, 1.165) is 44.9 Å². The van der Waals surface area contributed by atoms with Crippen LogP contribution >= 0.6 is 0 Å². The molecule has 6 heteroatoms. The molecule has 0 aliphatic carbocycles. The molecule has 2 unspecified atom stereocenters. The lowest BCUT2D eigenvalue weighted by atomic mass is 10.0. The highest BCUT2D eigenvalue weighted by Gasteiger charge is 2.20. The van der Waals surface area contributed by atoms with Crippen molar-refractivity contribution in [1.29, 1.82) is 0 Å². The SMILES string of the molecule is CCCCCCCCCCCCCCCCCCCCCC(O)C(CO)NC(=O)CCCCCCCCCCCCCCCCCCC/C=C\C/C=C\CCCCCCCCCCCCCOC(=O)CCCCCCCCCCCCCC. The van der Waals surface area contributed by atoms with E-state index in [0.29, 0.717) is 25.9 Å². The van der Waals surface area contributed by atoms with Crippen molar-refractivity contribution in [3.63, 3.8) is 0 Å². The molecule has 0 bridgehead atoms. The Kier molecular flexibility index (Phi) is 71.4. The summed E-state index contributed by atoms with van der Waals surface area (Å²) in [5, 5.41) is 23.4. The van der Waals surface area contributed by atoms with Crippen LogP contribution in [0.25, 0.3) is 0 Å². The number of amides is 1. The molecule has 0 aliphatic heterocycles. The first-order valence-corrected chi connectivity index (χ1v) is 38.1. The highest BCUT2D eigenvalue weighted by molar-refractivity contribution is 5.76. The van der Waals surface area contributed by atoms with Crippen LogP contribution in [0.1, 0.15) is 431 Å². The second kappa shape index (κ2) is 72.8. The summed E-state index contributed by atoms with van der Waals surface area (Å²) in [6.45, 7) is 5.00. The maximum absolute atomic E-state index is 12.5. The number of ether oxygens (including phenoxy) is 1. The average molecular weight is 1170 g/mol. The first-order chi connectivity index (χ1) is 41.0. The third kappa shape index (κ3) is 69.3. The molecule has 6 nitrogen and oxygen atoms in total. The smallest absolute Gasteiger partial charge is 0.305 e. The molecule has 0 radical (unpaired) electrons. The number of allylic oxidation sites excluding steroid dienone is 4. The fourth-order valence-corrected chi connectivity index (χ4v) is 12.2. The lowest BCUT2D eigenvalue weighted by molar-refractivity contribution is -0.143. The second-order valence-electron chi connectivity index (χ2n) is 26.3. The molecule has 0 spiro atoms. The fraction of sp³-hybridized carbons (Fsp3) is 0.922. The van der Waals surface area contributed by atoms with Crippen molar-refractivity contribution < 1.29 is 24.5 Å². The summed E-state index contributed by atoms with van der Waals surface area (Å²) < 4.78 is 5.48. The van der Waals surface area contributed by atoms with Crippen molar-refractivity contribution in [1.82, 2.24) is 5.32 Å². The molecule has 0 aliphatic rings. The maximum atomic E-state index is 12.5. The molecule has 83 heavy (non-hydrogen) atoms. The van der Waals surface area contributed by atoms with Crippen molar-refractivity contribution >= 4 is 11.9 Å². The largest absolute Gasteiger partial charge is 0.466 e. The minimum atomic E-state index is -0.663. The Morgan fingerprint density at radius 2 is 0.602 bits per heavy atom. The van der Waals surface area contributed by atoms with E-state index in [1.54, 1.807) is 0 Å². The van der Waals surface area contributed by atoms with Crippen LogP contribution in [0.15, 0.2) is 24.3 Å². The number of carbonyl (C=O) groups is 2. The van der Waals surface area contributed by atoms with Gasteiger partial charge in [0, 0.05) is 12.8 Å². The molecule has 1 amide bonds. The van der Waals surface area contributed by atoms with Crippen molar-refractivity contribution in [2.24, 2.45) is 0 Å². The Morgan fingerprint density at radius 3 is 0.916 bits per heavy atom. The van der Waals surface area contributed by atoms with Gasteiger partial charge in [-0.3, -0.25) is 9.59 Å². The van der Waals surface area contributed by atoms with E-state index >= 15 is 0 Å². The number of unbranched alkanes of at least 4 members (excludes halogenated alkanes) is 57. The van der Waals surface area contributed by atoms with E-state index in [1.807, 2.05) is 0 Å². The number of aliphatic hydroxyl groups is 2. The molecular formula is C77H149NO5. The van der Waals surface area contributed by atoms with Crippen LogP contribution < -0.4 is 5.32 Å². The summed E-state index contributed by atoms with van der Waals surface area (Å²) >= 11 is 0. The first kappa shape index (κ1) is 81.3. The van der Waals surface area contributed by atoms with Crippen LogP contribution in [0.4, 0.5) is 0 Å². The van der Waals surface area contributed by atoms with Gasteiger partial charge in [0.25, 0.3) is 0 Å². The number of aliphatic hydroxyl groups excluding tert-OH is 2. The molecule has 0 aromatic carbocycles. The van der Waals surface area contributed by atoms with Gasteiger partial charge in [0.1, 0.15) is 0 Å². The normalized spacial score (nSPS) is 12.6. The van der Waals surface area contributed by atoms with Gasteiger partial charge < -0.3 is 20.3 Å². The molecule has 2 atom stereocenters. The molecule has 492 valence electrons. The number of rotatable bonds is 72. The predicted molar refractivity (Wildman–Crippen MR) is 366 cm³/mol. The van der Waals surface area contributed by atoms with E-state index in [1.165, 1.54) is 353 Å². The zero-order chi connectivity index (χ0) is 59.9.